The largest absolute Gasteiger partial charge is 0.494 e. The van der Waals surface area contributed by atoms with Crippen molar-refractivity contribution in [2.24, 2.45) is 0 Å². The molecular weight excluding hydrogens is 228 g/mol. The third-order valence-corrected chi connectivity index (χ3v) is 3.04. The fraction of sp³-hybridized carbons (Fsp3) is 0.500. The first-order valence-corrected chi connectivity index (χ1v) is 6.58. The van der Waals surface area contributed by atoms with E-state index in [2.05, 4.69) is 5.32 Å². The summed E-state index contributed by atoms with van der Waals surface area (Å²) >= 11 is 0. The molecule has 1 aromatic carbocycles. The van der Waals surface area contributed by atoms with Gasteiger partial charge in [0.05, 0.1) is 6.61 Å². The molecule has 1 aromatic rings. The zero-order valence-corrected chi connectivity index (χ0v) is 10.8. The summed E-state index contributed by atoms with van der Waals surface area (Å²) in [7, 11) is 0. The summed E-state index contributed by atoms with van der Waals surface area (Å²) in [6, 6.07) is 7.50. The number of anilines is 1. The minimum Gasteiger partial charge on any atom is -0.494 e. The summed E-state index contributed by atoms with van der Waals surface area (Å²) in [5.74, 6) is 0.786. The highest BCUT2D eigenvalue weighted by Gasteiger charge is 2.16. The number of nitrogens with one attached hydrogen (secondary N) is 1. The molecule has 4 heteroatoms. The van der Waals surface area contributed by atoms with Gasteiger partial charge in [-0.05, 0) is 38.3 Å². The van der Waals surface area contributed by atoms with Crippen LogP contribution in [-0.4, -0.2) is 30.6 Å². The molecule has 0 aromatic heterocycles. The third-order valence-electron chi connectivity index (χ3n) is 3.04. The van der Waals surface area contributed by atoms with Crippen molar-refractivity contribution in [1.82, 2.24) is 4.90 Å². The average Bonchev–Trinajstić information content (AvgIpc) is 2.40. The second-order valence-corrected chi connectivity index (χ2v) is 4.44. The third kappa shape index (κ3) is 3.39. The monoisotopic (exact) mass is 248 g/mol. The van der Waals surface area contributed by atoms with Gasteiger partial charge in [0.1, 0.15) is 5.75 Å². The zero-order valence-electron chi connectivity index (χ0n) is 10.8. The molecule has 0 saturated carbocycles. The van der Waals surface area contributed by atoms with Crippen molar-refractivity contribution in [3.05, 3.63) is 24.3 Å². The number of ether oxygens (including phenoxy) is 1. The highest BCUT2D eigenvalue weighted by Crippen LogP contribution is 2.18. The molecule has 0 unspecified atom stereocenters. The van der Waals surface area contributed by atoms with Gasteiger partial charge in [-0.1, -0.05) is 6.07 Å². The number of nitrogens with zero attached hydrogens (tertiary/aromatic N) is 1. The van der Waals surface area contributed by atoms with E-state index in [1.54, 1.807) is 0 Å². The van der Waals surface area contributed by atoms with Gasteiger partial charge in [-0.2, -0.15) is 0 Å². The average molecular weight is 248 g/mol. The van der Waals surface area contributed by atoms with Crippen LogP contribution in [0, 0.1) is 0 Å². The number of carbonyl (C=O) groups is 1. The van der Waals surface area contributed by atoms with E-state index < -0.39 is 0 Å². The van der Waals surface area contributed by atoms with Gasteiger partial charge in [-0.25, -0.2) is 4.79 Å². The number of benzene rings is 1. The normalized spacial score (nSPS) is 15.3. The minimum absolute atomic E-state index is 0.0108. The number of hydrogen-bond acceptors (Lipinski definition) is 2. The van der Waals surface area contributed by atoms with Crippen LogP contribution >= 0.6 is 0 Å². The fourth-order valence-electron chi connectivity index (χ4n) is 2.13. The molecule has 0 aliphatic carbocycles. The molecule has 0 atom stereocenters. The molecular formula is C14H20N2O2. The van der Waals surface area contributed by atoms with E-state index in [0.29, 0.717) is 6.61 Å². The van der Waals surface area contributed by atoms with Crippen molar-refractivity contribution < 1.29 is 9.53 Å². The number of hydrogen-bond donors (Lipinski definition) is 1. The van der Waals surface area contributed by atoms with E-state index >= 15 is 0 Å². The van der Waals surface area contributed by atoms with E-state index in [-0.39, 0.29) is 6.03 Å². The number of rotatable bonds is 3. The molecule has 18 heavy (non-hydrogen) atoms. The molecule has 1 fully saturated rings. The molecule has 1 saturated heterocycles. The quantitative estimate of drug-likeness (QED) is 0.893. The van der Waals surface area contributed by atoms with Crippen molar-refractivity contribution in [3.8, 4) is 5.75 Å². The Morgan fingerprint density at radius 3 is 2.83 bits per heavy atom. The van der Waals surface area contributed by atoms with Gasteiger partial charge in [0.2, 0.25) is 0 Å². The molecule has 1 heterocycles. The summed E-state index contributed by atoms with van der Waals surface area (Å²) in [4.78, 5) is 13.9. The molecule has 0 spiro atoms. The van der Waals surface area contributed by atoms with Crippen molar-refractivity contribution in [2.45, 2.75) is 26.2 Å². The zero-order chi connectivity index (χ0) is 12.8. The predicted octanol–water partition coefficient (Wildman–Crippen LogP) is 3.10. The lowest BCUT2D eigenvalue weighted by Gasteiger charge is -2.26. The van der Waals surface area contributed by atoms with Crippen LogP contribution in [0.2, 0.25) is 0 Å². The van der Waals surface area contributed by atoms with Crippen molar-refractivity contribution in [2.75, 3.05) is 25.0 Å². The summed E-state index contributed by atoms with van der Waals surface area (Å²) in [6.45, 7) is 4.29. The standard InChI is InChI=1S/C14H20N2O2/c1-2-18-13-8-6-7-12(11-13)15-14(17)16-9-4-3-5-10-16/h6-8,11H,2-5,9-10H2,1H3,(H,15,17). The van der Waals surface area contributed by atoms with Crippen LogP contribution in [0.15, 0.2) is 24.3 Å². The number of amides is 2. The molecule has 0 radical (unpaired) electrons. The molecule has 1 aliphatic heterocycles. The Morgan fingerprint density at radius 1 is 1.33 bits per heavy atom. The van der Waals surface area contributed by atoms with Gasteiger partial charge in [0, 0.05) is 24.8 Å². The van der Waals surface area contributed by atoms with Crippen LogP contribution in [0.4, 0.5) is 10.5 Å². The number of carbonyl (C=O) groups excluding carboxylic acids is 1. The Bertz CT molecular complexity index is 401. The highest BCUT2D eigenvalue weighted by molar-refractivity contribution is 5.89. The Kier molecular flexibility index (Phi) is 4.45. The molecule has 1 aliphatic rings. The summed E-state index contributed by atoms with van der Waals surface area (Å²) in [5.41, 5.74) is 0.788. The summed E-state index contributed by atoms with van der Waals surface area (Å²) < 4.78 is 5.41. The molecule has 2 rings (SSSR count). The van der Waals surface area contributed by atoms with Gasteiger partial charge < -0.3 is 15.0 Å². The van der Waals surface area contributed by atoms with Crippen molar-refractivity contribution >= 4 is 11.7 Å². The summed E-state index contributed by atoms with van der Waals surface area (Å²) in [5, 5.41) is 2.92. The first kappa shape index (κ1) is 12.7. The lowest BCUT2D eigenvalue weighted by atomic mass is 10.1. The maximum absolute atomic E-state index is 12.0. The molecule has 0 bridgehead atoms. The second kappa shape index (κ2) is 6.28. The van der Waals surface area contributed by atoms with Gasteiger partial charge >= 0.3 is 6.03 Å². The smallest absolute Gasteiger partial charge is 0.321 e. The van der Waals surface area contributed by atoms with Crippen molar-refractivity contribution in [1.29, 1.82) is 0 Å². The van der Waals surface area contributed by atoms with Crippen LogP contribution < -0.4 is 10.1 Å². The van der Waals surface area contributed by atoms with E-state index in [4.69, 9.17) is 4.74 Å². The van der Waals surface area contributed by atoms with Gasteiger partial charge in [-0.15, -0.1) is 0 Å². The van der Waals surface area contributed by atoms with Gasteiger partial charge in [0.15, 0.2) is 0 Å². The lowest BCUT2D eigenvalue weighted by molar-refractivity contribution is 0.200. The number of piperidine rings is 1. The maximum Gasteiger partial charge on any atom is 0.321 e. The van der Waals surface area contributed by atoms with Gasteiger partial charge in [0.25, 0.3) is 0 Å². The fourth-order valence-corrected chi connectivity index (χ4v) is 2.13. The van der Waals surface area contributed by atoms with Crippen molar-refractivity contribution in [3.63, 3.8) is 0 Å². The highest BCUT2D eigenvalue weighted by atomic mass is 16.5. The number of likely N-dealkylation sites (tertiary alicyclic amines) is 1. The molecule has 1 N–H and O–H groups in total. The van der Waals surface area contributed by atoms with Crippen LogP contribution in [0.3, 0.4) is 0 Å². The first-order chi connectivity index (χ1) is 8.79. The van der Waals surface area contributed by atoms with E-state index in [0.717, 1.165) is 37.4 Å². The predicted molar refractivity (Wildman–Crippen MR) is 72.1 cm³/mol. The Labute approximate surface area is 108 Å². The topological polar surface area (TPSA) is 41.6 Å². The Hall–Kier alpha value is -1.71. The van der Waals surface area contributed by atoms with Crippen LogP contribution in [-0.2, 0) is 0 Å². The molecule has 98 valence electrons. The molecule has 4 nitrogen and oxygen atoms in total. The van der Waals surface area contributed by atoms with Crippen LogP contribution in [0.5, 0.6) is 5.75 Å². The SMILES string of the molecule is CCOc1cccc(NC(=O)N2CCCCC2)c1. The Morgan fingerprint density at radius 2 is 2.11 bits per heavy atom. The molecule has 2 amide bonds. The van der Waals surface area contributed by atoms with E-state index in [1.807, 2.05) is 36.1 Å². The maximum atomic E-state index is 12.0. The lowest BCUT2D eigenvalue weighted by Crippen LogP contribution is -2.38. The first-order valence-electron chi connectivity index (χ1n) is 6.58. The van der Waals surface area contributed by atoms with Gasteiger partial charge in [-0.3, -0.25) is 0 Å². The number of urea groups is 1. The van der Waals surface area contributed by atoms with Crippen LogP contribution in [0.1, 0.15) is 26.2 Å². The van der Waals surface area contributed by atoms with Crippen LogP contribution in [0.25, 0.3) is 0 Å². The van der Waals surface area contributed by atoms with E-state index in [1.165, 1.54) is 6.42 Å². The summed E-state index contributed by atoms with van der Waals surface area (Å²) in [6.07, 6.45) is 3.43. The second-order valence-electron chi connectivity index (χ2n) is 4.44. The minimum atomic E-state index is -0.0108. The Balaban J connectivity index is 1.95. The van der Waals surface area contributed by atoms with E-state index in [9.17, 15) is 4.79 Å².